The van der Waals surface area contributed by atoms with Crippen LogP contribution in [0.4, 0.5) is 0 Å². The maximum Gasteiger partial charge on any atom is 0.253 e. The molecule has 1 N–H and O–H groups in total. The fourth-order valence-corrected chi connectivity index (χ4v) is 4.75. The number of hydrogen-bond donors (Lipinski definition) is 1. The molecule has 6 nitrogen and oxygen atoms in total. The molecule has 2 aromatic rings. The Hall–Kier alpha value is -1.58. The summed E-state index contributed by atoms with van der Waals surface area (Å²) in [5.41, 5.74) is 1.74. The number of carbonyl (C=O) groups excluding carboxylic acids is 2. The molecule has 26 heavy (non-hydrogen) atoms. The molecule has 0 radical (unpaired) electrons. The highest BCUT2D eigenvalue weighted by molar-refractivity contribution is 8.03. The van der Waals surface area contributed by atoms with Crippen LogP contribution < -0.4 is 5.32 Å². The van der Waals surface area contributed by atoms with Gasteiger partial charge in [0.05, 0.1) is 5.75 Å². The van der Waals surface area contributed by atoms with Gasteiger partial charge in [0, 0.05) is 32.0 Å². The van der Waals surface area contributed by atoms with Crippen molar-refractivity contribution in [1.29, 1.82) is 0 Å². The molecule has 2 amide bonds. The predicted octanol–water partition coefficient (Wildman–Crippen LogP) is 3.15. The number of aromatic nitrogens is 2. The van der Waals surface area contributed by atoms with Crippen molar-refractivity contribution in [3.05, 3.63) is 35.4 Å². The first-order valence-electron chi connectivity index (χ1n) is 8.16. The fourth-order valence-electron chi connectivity index (χ4n) is 1.95. The van der Waals surface area contributed by atoms with Gasteiger partial charge in [-0.3, -0.25) is 9.59 Å². The molecule has 1 aromatic carbocycles. The van der Waals surface area contributed by atoms with Crippen LogP contribution in [0.25, 0.3) is 0 Å². The van der Waals surface area contributed by atoms with E-state index < -0.39 is 0 Å². The van der Waals surface area contributed by atoms with Gasteiger partial charge in [0.2, 0.25) is 5.91 Å². The minimum atomic E-state index is -0.00667. The van der Waals surface area contributed by atoms with Gasteiger partial charge in [0.25, 0.3) is 5.91 Å². The van der Waals surface area contributed by atoms with Gasteiger partial charge in [0.15, 0.2) is 8.68 Å². The molecule has 0 aliphatic carbocycles. The summed E-state index contributed by atoms with van der Waals surface area (Å²) in [6, 6.07) is 7.61. The second-order valence-electron chi connectivity index (χ2n) is 5.66. The van der Waals surface area contributed by atoms with Crippen molar-refractivity contribution < 1.29 is 9.59 Å². The van der Waals surface area contributed by atoms with Crippen molar-refractivity contribution in [2.24, 2.45) is 0 Å². The summed E-state index contributed by atoms with van der Waals surface area (Å²) >= 11 is 4.46. The third-order valence-electron chi connectivity index (χ3n) is 3.23. The minimum absolute atomic E-state index is 0.00667. The van der Waals surface area contributed by atoms with Gasteiger partial charge in [0.1, 0.15) is 0 Å². The second kappa shape index (κ2) is 10.5. The van der Waals surface area contributed by atoms with Gasteiger partial charge in [-0.1, -0.05) is 53.9 Å². The van der Waals surface area contributed by atoms with Crippen LogP contribution in [0.15, 0.2) is 32.9 Å². The number of benzene rings is 1. The highest BCUT2D eigenvalue weighted by Crippen LogP contribution is 2.30. The molecule has 1 heterocycles. The summed E-state index contributed by atoms with van der Waals surface area (Å²) in [6.07, 6.45) is 0.928. The van der Waals surface area contributed by atoms with Crippen LogP contribution in [-0.4, -0.2) is 53.3 Å². The van der Waals surface area contributed by atoms with Crippen molar-refractivity contribution in [1.82, 2.24) is 20.4 Å². The molecule has 0 unspecified atom stereocenters. The quantitative estimate of drug-likeness (QED) is 0.640. The summed E-state index contributed by atoms with van der Waals surface area (Å²) in [4.78, 5) is 25.2. The van der Waals surface area contributed by atoms with Gasteiger partial charge in [-0.2, -0.15) is 0 Å². The highest BCUT2D eigenvalue weighted by Gasteiger charge is 2.11. The summed E-state index contributed by atoms with van der Waals surface area (Å²) in [5.74, 6) is 1.08. The SMILES string of the molecule is CCCNC(=O)CSc1nnc(SCc2cccc(C(=O)N(C)C)c2)s1. The van der Waals surface area contributed by atoms with E-state index in [4.69, 9.17) is 0 Å². The Balaban J connectivity index is 1.85. The molecule has 0 fully saturated rings. The number of nitrogens with one attached hydrogen (secondary N) is 1. The molecule has 0 bridgehead atoms. The monoisotopic (exact) mass is 410 g/mol. The van der Waals surface area contributed by atoms with E-state index in [0.29, 0.717) is 23.6 Å². The Morgan fingerprint density at radius 1 is 1.19 bits per heavy atom. The predicted molar refractivity (Wildman–Crippen MR) is 108 cm³/mol. The van der Waals surface area contributed by atoms with E-state index >= 15 is 0 Å². The van der Waals surface area contributed by atoms with E-state index in [1.807, 2.05) is 31.2 Å². The van der Waals surface area contributed by atoms with E-state index in [1.165, 1.54) is 23.1 Å². The van der Waals surface area contributed by atoms with E-state index in [0.717, 1.165) is 20.7 Å². The molecule has 0 aliphatic rings. The highest BCUT2D eigenvalue weighted by atomic mass is 32.2. The Morgan fingerprint density at radius 3 is 2.62 bits per heavy atom. The Bertz CT molecular complexity index is 749. The minimum Gasteiger partial charge on any atom is -0.355 e. The Kier molecular flexibility index (Phi) is 8.40. The van der Waals surface area contributed by atoms with E-state index in [2.05, 4.69) is 15.5 Å². The first kappa shape index (κ1) is 20.7. The lowest BCUT2D eigenvalue weighted by atomic mass is 10.1. The van der Waals surface area contributed by atoms with Crippen LogP contribution in [0.1, 0.15) is 29.3 Å². The maximum atomic E-state index is 12.0. The van der Waals surface area contributed by atoms with Crippen LogP contribution in [0.5, 0.6) is 0 Å². The third kappa shape index (κ3) is 6.62. The molecular formula is C17H22N4O2S3. The lowest BCUT2D eigenvalue weighted by molar-refractivity contribution is -0.118. The molecule has 140 valence electrons. The molecule has 0 saturated heterocycles. The number of hydrogen-bond acceptors (Lipinski definition) is 7. The first-order chi connectivity index (χ1) is 12.5. The Morgan fingerprint density at radius 2 is 1.92 bits per heavy atom. The second-order valence-corrected chi connectivity index (χ2v) is 9.08. The van der Waals surface area contributed by atoms with Crippen molar-refractivity contribution in [3.8, 4) is 0 Å². The van der Waals surface area contributed by atoms with Gasteiger partial charge < -0.3 is 10.2 Å². The average Bonchev–Trinajstić information content (AvgIpc) is 3.10. The van der Waals surface area contributed by atoms with Crippen LogP contribution >= 0.6 is 34.9 Å². The molecule has 0 saturated carbocycles. The van der Waals surface area contributed by atoms with Gasteiger partial charge in [-0.05, 0) is 24.1 Å². The maximum absolute atomic E-state index is 12.0. The van der Waals surface area contributed by atoms with E-state index in [1.54, 1.807) is 30.8 Å². The number of carbonyl (C=O) groups is 2. The number of nitrogens with zero attached hydrogens (tertiary/aromatic N) is 3. The lowest BCUT2D eigenvalue weighted by Crippen LogP contribution is -2.25. The summed E-state index contributed by atoms with van der Waals surface area (Å²) in [5, 5.41) is 11.1. The fraction of sp³-hybridized carbons (Fsp3) is 0.412. The summed E-state index contributed by atoms with van der Waals surface area (Å²) in [7, 11) is 3.49. The molecule has 9 heteroatoms. The van der Waals surface area contributed by atoms with E-state index in [9.17, 15) is 9.59 Å². The molecule has 0 atom stereocenters. The van der Waals surface area contributed by atoms with Gasteiger partial charge >= 0.3 is 0 Å². The largest absolute Gasteiger partial charge is 0.355 e. The smallest absolute Gasteiger partial charge is 0.253 e. The lowest BCUT2D eigenvalue weighted by Gasteiger charge is -2.10. The normalized spacial score (nSPS) is 10.6. The molecule has 1 aromatic heterocycles. The molecular weight excluding hydrogens is 388 g/mol. The van der Waals surface area contributed by atoms with Crippen molar-refractivity contribution in [3.63, 3.8) is 0 Å². The third-order valence-corrected chi connectivity index (χ3v) is 6.49. The Labute approximate surface area is 166 Å². The zero-order chi connectivity index (χ0) is 18.9. The molecule has 0 spiro atoms. The first-order valence-corrected chi connectivity index (χ1v) is 10.9. The molecule has 0 aliphatic heterocycles. The summed E-state index contributed by atoms with van der Waals surface area (Å²) < 4.78 is 1.64. The zero-order valence-electron chi connectivity index (χ0n) is 15.0. The van der Waals surface area contributed by atoms with Crippen LogP contribution in [0, 0.1) is 0 Å². The van der Waals surface area contributed by atoms with Gasteiger partial charge in [-0.15, -0.1) is 10.2 Å². The van der Waals surface area contributed by atoms with Crippen LogP contribution in [-0.2, 0) is 10.5 Å². The number of thioether (sulfide) groups is 2. The topological polar surface area (TPSA) is 75.2 Å². The van der Waals surface area contributed by atoms with Crippen molar-refractivity contribution >= 4 is 46.7 Å². The zero-order valence-corrected chi connectivity index (χ0v) is 17.5. The summed E-state index contributed by atoms with van der Waals surface area (Å²) in [6.45, 7) is 2.72. The van der Waals surface area contributed by atoms with Crippen LogP contribution in [0.2, 0.25) is 0 Å². The van der Waals surface area contributed by atoms with Gasteiger partial charge in [-0.25, -0.2) is 0 Å². The number of rotatable bonds is 9. The standard InChI is InChI=1S/C17H22N4O2S3/c1-4-8-18-14(22)11-25-17-20-19-16(26-17)24-10-12-6-5-7-13(9-12)15(23)21(2)3/h5-7,9H,4,8,10-11H2,1-3H3,(H,18,22). The van der Waals surface area contributed by atoms with Crippen molar-refractivity contribution in [2.45, 2.75) is 27.8 Å². The van der Waals surface area contributed by atoms with E-state index in [-0.39, 0.29) is 11.8 Å². The van der Waals surface area contributed by atoms with Crippen molar-refractivity contribution in [2.75, 3.05) is 26.4 Å². The number of amides is 2. The average molecular weight is 411 g/mol. The molecule has 2 rings (SSSR count). The van der Waals surface area contributed by atoms with Crippen LogP contribution in [0.3, 0.4) is 0 Å².